The number of urea groups is 1. The molecule has 0 aliphatic heterocycles. The number of fused-ring (bicyclic) bond motifs is 1. The van der Waals surface area contributed by atoms with Crippen LogP contribution in [0.1, 0.15) is 12.8 Å². The molecule has 130 valence electrons. The Hall–Kier alpha value is -2.82. The zero-order valence-electron chi connectivity index (χ0n) is 12.1. The van der Waals surface area contributed by atoms with Crippen LogP contribution in [-0.2, 0) is 11.0 Å². The number of carboxylic acids is 1. The van der Waals surface area contributed by atoms with E-state index in [0.29, 0.717) is 0 Å². The summed E-state index contributed by atoms with van der Waals surface area (Å²) >= 11 is 0. The van der Waals surface area contributed by atoms with Crippen LogP contribution in [0.25, 0.3) is 11.1 Å². The van der Waals surface area contributed by atoms with E-state index in [4.69, 9.17) is 5.11 Å². The number of nitrogens with zero attached hydrogens (tertiary/aromatic N) is 1. The maximum Gasteiger partial charge on any atom is 0.468 e. The fourth-order valence-electron chi connectivity index (χ4n) is 1.63. The fourth-order valence-corrected chi connectivity index (χ4v) is 1.63. The van der Waals surface area contributed by atoms with Gasteiger partial charge in [-0.1, -0.05) is 0 Å². The fraction of sp³-hybridized carbons (Fsp3) is 0.308. The van der Waals surface area contributed by atoms with Gasteiger partial charge in [0.2, 0.25) is 0 Å². The van der Waals surface area contributed by atoms with Crippen LogP contribution in [0.5, 0.6) is 0 Å². The number of halogens is 3. The minimum Gasteiger partial charge on any atom is -0.479 e. The lowest BCUT2D eigenvalue weighted by atomic mass is 10.1. The van der Waals surface area contributed by atoms with Crippen molar-refractivity contribution >= 4 is 28.8 Å². The average Bonchev–Trinajstić information content (AvgIpc) is 2.88. The zero-order chi connectivity index (χ0) is 18.1. The molecular formula is C13H12F3N3O5. The number of benzene rings is 1. The van der Waals surface area contributed by atoms with Crippen molar-refractivity contribution in [3.8, 4) is 0 Å². The van der Waals surface area contributed by atoms with Gasteiger partial charge in [0.25, 0.3) is 0 Å². The number of rotatable bonds is 4. The highest BCUT2D eigenvalue weighted by atomic mass is 19.4. The first-order chi connectivity index (χ1) is 11.0. The van der Waals surface area contributed by atoms with Crippen molar-refractivity contribution in [2.24, 2.45) is 0 Å². The summed E-state index contributed by atoms with van der Waals surface area (Å²) in [5.74, 6) is -2.93. The monoisotopic (exact) mass is 347 g/mol. The van der Waals surface area contributed by atoms with E-state index in [0.717, 1.165) is 13.0 Å². The number of aromatic nitrogens is 1. The van der Waals surface area contributed by atoms with Crippen LogP contribution in [0.15, 0.2) is 22.6 Å². The number of anilines is 1. The summed E-state index contributed by atoms with van der Waals surface area (Å²) in [6.45, 7) is 0.425. The highest BCUT2D eigenvalue weighted by molar-refractivity contribution is 5.92. The number of carbonyl (C=O) groups excluding carboxylic acids is 1. The smallest absolute Gasteiger partial charge is 0.468 e. The molecule has 2 rings (SSSR count). The first-order valence-electron chi connectivity index (χ1n) is 6.47. The standard InChI is InChI=1S/C13H12F3N3O5/c1-12(23,10(20)21)5-17-11(22)18-6-2-3-8-7(4-6)19-9(24-8)13(14,15)16/h2-4,23H,5H2,1H3,(H,20,21)(H2,17,18,22). The predicted octanol–water partition coefficient (Wildman–Crippen LogP) is 1.80. The van der Waals surface area contributed by atoms with E-state index in [-0.39, 0.29) is 16.8 Å². The summed E-state index contributed by atoms with van der Waals surface area (Å²) in [6.07, 6.45) is -4.73. The molecule has 1 aromatic heterocycles. The number of aliphatic hydroxyl groups is 1. The van der Waals surface area contributed by atoms with E-state index in [1.165, 1.54) is 12.1 Å². The molecule has 2 aromatic rings. The van der Waals surface area contributed by atoms with Crippen LogP contribution in [0, 0.1) is 0 Å². The highest BCUT2D eigenvalue weighted by Crippen LogP contribution is 2.31. The molecule has 11 heteroatoms. The first kappa shape index (κ1) is 17.5. The lowest BCUT2D eigenvalue weighted by Crippen LogP contribution is -2.47. The summed E-state index contributed by atoms with van der Waals surface area (Å²) in [7, 11) is 0. The highest BCUT2D eigenvalue weighted by Gasteiger charge is 2.37. The van der Waals surface area contributed by atoms with Crippen LogP contribution in [0.2, 0.25) is 0 Å². The topological polar surface area (TPSA) is 125 Å². The summed E-state index contributed by atoms with van der Waals surface area (Å²) < 4.78 is 42.1. The van der Waals surface area contributed by atoms with Gasteiger partial charge in [-0.3, -0.25) is 0 Å². The molecule has 0 aliphatic rings. The number of carboxylic acid groups (broad SMARTS) is 1. The van der Waals surface area contributed by atoms with Crippen LogP contribution in [0.4, 0.5) is 23.7 Å². The van der Waals surface area contributed by atoms with Crippen molar-refractivity contribution in [3.63, 3.8) is 0 Å². The number of hydrogen-bond donors (Lipinski definition) is 4. The van der Waals surface area contributed by atoms with Gasteiger partial charge in [-0.2, -0.15) is 13.2 Å². The third-order valence-corrected chi connectivity index (χ3v) is 2.94. The largest absolute Gasteiger partial charge is 0.479 e. The van der Waals surface area contributed by atoms with Crippen molar-refractivity contribution in [1.29, 1.82) is 0 Å². The molecule has 0 saturated carbocycles. The number of nitrogens with one attached hydrogen (secondary N) is 2. The normalized spacial score (nSPS) is 14.2. The minimum absolute atomic E-state index is 0.108. The third kappa shape index (κ3) is 3.93. The van der Waals surface area contributed by atoms with E-state index < -0.39 is 36.2 Å². The summed E-state index contributed by atoms with van der Waals surface area (Å²) in [6, 6.07) is 2.78. The Balaban J connectivity index is 2.07. The van der Waals surface area contributed by atoms with E-state index in [1.807, 2.05) is 0 Å². The maximum absolute atomic E-state index is 12.5. The van der Waals surface area contributed by atoms with Crippen LogP contribution < -0.4 is 10.6 Å². The lowest BCUT2D eigenvalue weighted by molar-refractivity contribution is -0.156. The number of carbonyl (C=O) groups is 2. The van der Waals surface area contributed by atoms with E-state index in [1.54, 1.807) is 0 Å². The molecule has 0 spiro atoms. The number of oxazole rings is 1. The van der Waals surface area contributed by atoms with E-state index in [2.05, 4.69) is 20.0 Å². The SMILES string of the molecule is CC(O)(CNC(=O)Nc1ccc2oc(C(F)(F)F)nc2c1)C(=O)O. The molecular weight excluding hydrogens is 335 g/mol. The molecule has 0 bridgehead atoms. The number of hydrogen-bond acceptors (Lipinski definition) is 5. The molecule has 0 aliphatic carbocycles. The van der Waals surface area contributed by atoms with Crippen molar-refractivity contribution < 1.29 is 37.4 Å². The van der Waals surface area contributed by atoms with Gasteiger partial charge in [0.05, 0.1) is 6.54 Å². The molecule has 0 fully saturated rings. The Morgan fingerprint density at radius 3 is 2.58 bits per heavy atom. The molecule has 2 amide bonds. The average molecular weight is 347 g/mol. The van der Waals surface area contributed by atoms with Crippen molar-refractivity contribution in [2.45, 2.75) is 18.7 Å². The van der Waals surface area contributed by atoms with Gasteiger partial charge in [0.15, 0.2) is 11.2 Å². The molecule has 0 radical (unpaired) electrons. The minimum atomic E-state index is -4.73. The zero-order valence-corrected chi connectivity index (χ0v) is 12.1. The van der Waals surface area contributed by atoms with Gasteiger partial charge in [-0.15, -0.1) is 0 Å². The number of amides is 2. The van der Waals surface area contributed by atoms with Crippen molar-refractivity contribution in [2.75, 3.05) is 11.9 Å². The Morgan fingerprint density at radius 1 is 1.33 bits per heavy atom. The molecule has 1 atom stereocenters. The molecule has 0 saturated heterocycles. The molecule has 8 nitrogen and oxygen atoms in total. The van der Waals surface area contributed by atoms with Gasteiger partial charge in [0, 0.05) is 5.69 Å². The van der Waals surface area contributed by atoms with Gasteiger partial charge in [0.1, 0.15) is 5.52 Å². The third-order valence-electron chi connectivity index (χ3n) is 2.94. The second-order valence-electron chi connectivity index (χ2n) is 5.09. The lowest BCUT2D eigenvalue weighted by Gasteiger charge is -2.18. The Labute approximate surface area is 132 Å². The van der Waals surface area contributed by atoms with Crippen LogP contribution in [-0.4, -0.2) is 39.3 Å². The Kier molecular flexibility index (Phi) is 4.38. The van der Waals surface area contributed by atoms with Crippen LogP contribution in [0.3, 0.4) is 0 Å². The maximum atomic E-state index is 12.5. The van der Waals surface area contributed by atoms with Gasteiger partial charge in [-0.05, 0) is 25.1 Å². The van der Waals surface area contributed by atoms with E-state index in [9.17, 15) is 27.9 Å². The molecule has 1 aromatic carbocycles. The molecule has 24 heavy (non-hydrogen) atoms. The summed E-state index contributed by atoms with van der Waals surface area (Å²) in [5.41, 5.74) is -2.27. The molecule has 1 heterocycles. The van der Waals surface area contributed by atoms with Gasteiger partial charge in [-0.25, -0.2) is 14.6 Å². The van der Waals surface area contributed by atoms with Crippen molar-refractivity contribution in [1.82, 2.24) is 10.3 Å². The Bertz CT molecular complexity index is 785. The second-order valence-corrected chi connectivity index (χ2v) is 5.09. The van der Waals surface area contributed by atoms with Crippen LogP contribution >= 0.6 is 0 Å². The molecule has 1 unspecified atom stereocenters. The van der Waals surface area contributed by atoms with Gasteiger partial charge < -0.3 is 25.3 Å². The molecule has 4 N–H and O–H groups in total. The van der Waals surface area contributed by atoms with E-state index >= 15 is 0 Å². The number of alkyl halides is 3. The number of aliphatic carboxylic acids is 1. The summed E-state index contributed by atoms with van der Waals surface area (Å²) in [4.78, 5) is 25.6. The van der Waals surface area contributed by atoms with Gasteiger partial charge >= 0.3 is 24.1 Å². The predicted molar refractivity (Wildman–Crippen MR) is 74.3 cm³/mol. The first-order valence-corrected chi connectivity index (χ1v) is 6.47. The Morgan fingerprint density at radius 2 is 2.00 bits per heavy atom. The van der Waals surface area contributed by atoms with Crippen molar-refractivity contribution in [3.05, 3.63) is 24.1 Å². The summed E-state index contributed by atoms with van der Waals surface area (Å²) in [5, 5.41) is 22.6. The quantitative estimate of drug-likeness (QED) is 0.668. The second kappa shape index (κ2) is 6.00.